The molecule has 0 unspecified atom stereocenters. The average Bonchev–Trinajstić information content (AvgIpc) is 2.77. The maximum Gasteiger partial charge on any atom is 0.0236 e. The lowest BCUT2D eigenvalue weighted by molar-refractivity contribution is 0.306. The number of likely N-dealkylation sites (tertiary alicyclic amines) is 1. The zero-order valence-electron chi connectivity index (χ0n) is 10.8. The summed E-state index contributed by atoms with van der Waals surface area (Å²) in [5.41, 5.74) is 2.83. The van der Waals surface area contributed by atoms with Gasteiger partial charge in [0.2, 0.25) is 0 Å². The highest BCUT2D eigenvalue weighted by atomic mass is 35.5. The molecule has 2 fully saturated rings. The molecule has 1 aromatic carbocycles. The first-order chi connectivity index (χ1) is 7.81. The molecule has 3 rings (SSSR count). The van der Waals surface area contributed by atoms with Gasteiger partial charge >= 0.3 is 0 Å². The third-order valence-electron chi connectivity index (χ3n) is 3.93. The lowest BCUT2D eigenvalue weighted by Gasteiger charge is -2.17. The van der Waals surface area contributed by atoms with Crippen LogP contribution in [-0.2, 0) is 6.54 Å². The minimum absolute atomic E-state index is 0. The summed E-state index contributed by atoms with van der Waals surface area (Å²) in [5.74, 6) is 0.907. The van der Waals surface area contributed by atoms with Gasteiger partial charge in [-0.25, -0.2) is 0 Å². The van der Waals surface area contributed by atoms with Crippen LogP contribution >= 0.6 is 24.8 Å². The molecule has 2 nitrogen and oxygen atoms in total. The molecule has 2 aliphatic rings. The van der Waals surface area contributed by atoms with Crippen LogP contribution in [-0.4, -0.2) is 30.6 Å². The molecule has 1 N–H and O–H groups in total. The Bertz CT molecular complexity index is 372. The number of benzene rings is 1. The van der Waals surface area contributed by atoms with Crippen LogP contribution in [0, 0.1) is 12.8 Å². The molecule has 18 heavy (non-hydrogen) atoms. The van der Waals surface area contributed by atoms with Gasteiger partial charge in [-0.05, 0) is 31.4 Å². The molecule has 2 heterocycles. The second kappa shape index (κ2) is 6.76. The zero-order chi connectivity index (χ0) is 11.0. The fourth-order valence-electron chi connectivity index (χ4n) is 3.14. The van der Waals surface area contributed by atoms with Gasteiger partial charge in [0.25, 0.3) is 0 Å². The van der Waals surface area contributed by atoms with E-state index in [-0.39, 0.29) is 24.8 Å². The van der Waals surface area contributed by atoms with Gasteiger partial charge in [-0.1, -0.05) is 29.8 Å². The first kappa shape index (κ1) is 15.8. The minimum atomic E-state index is 0. The maximum absolute atomic E-state index is 3.60. The molecule has 0 spiro atoms. The second-order valence-electron chi connectivity index (χ2n) is 5.29. The fourth-order valence-corrected chi connectivity index (χ4v) is 3.14. The number of halogens is 2. The molecule has 0 radical (unpaired) electrons. The third kappa shape index (κ3) is 3.39. The third-order valence-corrected chi connectivity index (χ3v) is 3.93. The highest BCUT2D eigenvalue weighted by molar-refractivity contribution is 5.85. The van der Waals surface area contributed by atoms with Crippen LogP contribution in [0.1, 0.15) is 17.5 Å². The summed E-state index contributed by atoms with van der Waals surface area (Å²) in [6.07, 6.45) is 1.37. The predicted octanol–water partition coefficient (Wildman–Crippen LogP) is 2.63. The molecule has 1 aromatic rings. The van der Waals surface area contributed by atoms with Crippen LogP contribution in [0.2, 0.25) is 0 Å². The van der Waals surface area contributed by atoms with Crippen molar-refractivity contribution in [2.45, 2.75) is 25.9 Å². The van der Waals surface area contributed by atoms with Crippen molar-refractivity contribution in [1.82, 2.24) is 10.2 Å². The van der Waals surface area contributed by atoms with Crippen molar-refractivity contribution in [1.29, 1.82) is 0 Å². The van der Waals surface area contributed by atoms with Gasteiger partial charge in [-0.2, -0.15) is 0 Å². The van der Waals surface area contributed by atoms with Crippen molar-refractivity contribution < 1.29 is 0 Å². The summed E-state index contributed by atoms with van der Waals surface area (Å²) < 4.78 is 0. The number of hydrogen-bond acceptors (Lipinski definition) is 2. The Morgan fingerprint density at radius 1 is 1.28 bits per heavy atom. The zero-order valence-corrected chi connectivity index (χ0v) is 12.4. The Labute approximate surface area is 122 Å². The molecule has 0 saturated carbocycles. The predicted molar refractivity (Wildman–Crippen MR) is 80.8 cm³/mol. The SMILES string of the molecule is Cc1cccc(CN2C[C@H]3CCN[C@H]3C2)c1.Cl.Cl. The van der Waals surface area contributed by atoms with Crippen LogP contribution in [0.5, 0.6) is 0 Å². The lowest BCUT2D eigenvalue weighted by Crippen LogP contribution is -2.29. The number of nitrogens with one attached hydrogen (secondary N) is 1. The molecule has 0 bridgehead atoms. The van der Waals surface area contributed by atoms with Crippen molar-refractivity contribution in [3.05, 3.63) is 35.4 Å². The molecular weight excluding hydrogens is 267 g/mol. The number of nitrogens with zero attached hydrogens (tertiary/aromatic N) is 1. The van der Waals surface area contributed by atoms with Gasteiger partial charge in [-0.3, -0.25) is 4.90 Å². The van der Waals surface area contributed by atoms with E-state index in [9.17, 15) is 0 Å². The van der Waals surface area contributed by atoms with E-state index < -0.39 is 0 Å². The lowest BCUT2D eigenvalue weighted by atomic mass is 10.1. The van der Waals surface area contributed by atoms with Gasteiger partial charge in [0, 0.05) is 25.7 Å². The molecule has 2 aliphatic heterocycles. The summed E-state index contributed by atoms with van der Waals surface area (Å²) in [5, 5.41) is 3.60. The summed E-state index contributed by atoms with van der Waals surface area (Å²) in [7, 11) is 0. The van der Waals surface area contributed by atoms with Gasteiger partial charge in [0.05, 0.1) is 0 Å². The summed E-state index contributed by atoms with van der Waals surface area (Å²) in [6, 6.07) is 9.66. The number of rotatable bonds is 2. The molecule has 0 aliphatic carbocycles. The Kier molecular flexibility index (Phi) is 5.93. The molecule has 2 saturated heterocycles. The van der Waals surface area contributed by atoms with E-state index in [1.54, 1.807) is 0 Å². The van der Waals surface area contributed by atoms with E-state index in [4.69, 9.17) is 0 Å². The fraction of sp³-hybridized carbons (Fsp3) is 0.571. The van der Waals surface area contributed by atoms with Gasteiger partial charge < -0.3 is 5.32 Å². The number of hydrogen-bond donors (Lipinski definition) is 1. The Morgan fingerprint density at radius 2 is 2.11 bits per heavy atom. The monoisotopic (exact) mass is 288 g/mol. The van der Waals surface area contributed by atoms with Crippen LogP contribution < -0.4 is 5.32 Å². The molecule has 4 heteroatoms. The van der Waals surface area contributed by atoms with Crippen molar-refractivity contribution in [3.63, 3.8) is 0 Å². The summed E-state index contributed by atoms with van der Waals surface area (Å²) >= 11 is 0. The number of aryl methyl sites for hydroxylation is 1. The average molecular weight is 289 g/mol. The van der Waals surface area contributed by atoms with Gasteiger partial charge in [-0.15, -0.1) is 24.8 Å². The van der Waals surface area contributed by atoms with E-state index in [2.05, 4.69) is 41.4 Å². The largest absolute Gasteiger partial charge is 0.312 e. The van der Waals surface area contributed by atoms with Crippen LogP contribution in [0.3, 0.4) is 0 Å². The first-order valence-corrected chi connectivity index (χ1v) is 6.32. The summed E-state index contributed by atoms with van der Waals surface area (Å²) in [6.45, 7) is 7.04. The Balaban J connectivity index is 0.000000810. The van der Waals surface area contributed by atoms with Gasteiger partial charge in [0.1, 0.15) is 0 Å². The van der Waals surface area contributed by atoms with Crippen LogP contribution in [0.25, 0.3) is 0 Å². The number of fused-ring (bicyclic) bond motifs is 1. The summed E-state index contributed by atoms with van der Waals surface area (Å²) in [4.78, 5) is 2.59. The van der Waals surface area contributed by atoms with E-state index in [1.165, 1.54) is 37.2 Å². The molecule has 0 amide bonds. The first-order valence-electron chi connectivity index (χ1n) is 6.32. The Hall–Kier alpha value is -0.280. The highest BCUT2D eigenvalue weighted by Gasteiger charge is 2.35. The molecule has 2 atom stereocenters. The molecule has 102 valence electrons. The van der Waals surface area contributed by atoms with Crippen molar-refractivity contribution in [3.8, 4) is 0 Å². The van der Waals surface area contributed by atoms with Crippen LogP contribution in [0.15, 0.2) is 24.3 Å². The quantitative estimate of drug-likeness (QED) is 0.900. The topological polar surface area (TPSA) is 15.3 Å². The van der Waals surface area contributed by atoms with Crippen LogP contribution in [0.4, 0.5) is 0 Å². The van der Waals surface area contributed by atoms with Gasteiger partial charge in [0.15, 0.2) is 0 Å². The normalized spacial score (nSPS) is 26.3. The van der Waals surface area contributed by atoms with Crippen molar-refractivity contribution in [2.24, 2.45) is 5.92 Å². The molecular formula is C14H22Cl2N2. The minimum Gasteiger partial charge on any atom is -0.312 e. The van der Waals surface area contributed by atoms with E-state index in [0.29, 0.717) is 0 Å². The van der Waals surface area contributed by atoms with Crippen molar-refractivity contribution in [2.75, 3.05) is 19.6 Å². The Morgan fingerprint density at radius 3 is 2.83 bits per heavy atom. The van der Waals surface area contributed by atoms with E-state index >= 15 is 0 Å². The second-order valence-corrected chi connectivity index (χ2v) is 5.29. The standard InChI is InChI=1S/C14H20N2.2ClH/c1-11-3-2-4-12(7-11)8-16-9-13-5-6-15-14(13)10-16;;/h2-4,7,13-15H,5-6,8-10H2,1H3;2*1H/t13-,14+;;/m1../s1. The highest BCUT2D eigenvalue weighted by Crippen LogP contribution is 2.25. The van der Waals surface area contributed by atoms with Crippen molar-refractivity contribution >= 4 is 24.8 Å². The smallest absolute Gasteiger partial charge is 0.0236 e. The van der Waals surface area contributed by atoms with E-state index in [0.717, 1.165) is 18.5 Å². The molecule has 0 aromatic heterocycles. The maximum atomic E-state index is 3.60. The van der Waals surface area contributed by atoms with E-state index in [1.807, 2.05) is 0 Å².